The average Bonchev–Trinajstić information content (AvgIpc) is 3.56. The molecule has 2 heterocycles. The summed E-state index contributed by atoms with van der Waals surface area (Å²) in [5.74, 6) is -0.708. The van der Waals surface area contributed by atoms with E-state index in [1.54, 1.807) is 21.1 Å². The van der Waals surface area contributed by atoms with Crippen molar-refractivity contribution in [1.82, 2.24) is 24.4 Å². The Bertz CT molecular complexity index is 1690. The molecule has 0 aliphatic carbocycles. The van der Waals surface area contributed by atoms with Crippen molar-refractivity contribution in [2.24, 2.45) is 17.0 Å². The van der Waals surface area contributed by atoms with Crippen molar-refractivity contribution >= 4 is 39.5 Å². The summed E-state index contributed by atoms with van der Waals surface area (Å²) in [5, 5.41) is 27.5. The standard InChI is InChI=1S/C35H48N6O6S2/c1-23(2)20-40(49(46,47)29-14-12-28(13-15-29)19-36-45)22-32(42)30(18-27-10-8-7-9-11-27)38-34(43)33(24(3)4)41-17-16-39(35(41)44)21-31-25(5)48-26(6)37-31/h7-15,19,23-24,30,32-33,42,45H,16-18,20-22H2,1-6H3,(H,38,43)/t30-,32-,33-/m0/s1. The number of aliphatic hydroxyl groups excluding tert-OH is 1. The molecule has 0 unspecified atom stereocenters. The Labute approximate surface area is 293 Å². The second-order valence-electron chi connectivity index (χ2n) is 13.2. The number of thiazole rings is 1. The van der Waals surface area contributed by atoms with Gasteiger partial charge in [-0.15, -0.1) is 11.3 Å². The molecule has 266 valence electrons. The molecule has 1 saturated heterocycles. The number of sulfonamides is 1. The molecule has 1 aliphatic heterocycles. The van der Waals surface area contributed by atoms with Gasteiger partial charge in [-0.25, -0.2) is 18.2 Å². The SMILES string of the molecule is Cc1nc(CN2CCN([C@H](C(=O)N[C@@H](Cc3ccccc3)[C@@H](O)CN(CC(C)C)S(=O)(=O)c3ccc(C=NO)cc3)C(C)C)C2=O)c(C)s1. The molecule has 3 aromatic rings. The Balaban J connectivity index is 1.57. The zero-order valence-electron chi connectivity index (χ0n) is 29.0. The van der Waals surface area contributed by atoms with Gasteiger partial charge in [-0.2, -0.15) is 4.31 Å². The summed E-state index contributed by atoms with van der Waals surface area (Å²) in [6.07, 6.45) is 0.155. The Morgan fingerprint density at radius 2 is 1.73 bits per heavy atom. The lowest BCUT2D eigenvalue weighted by Gasteiger charge is -2.34. The first-order valence-electron chi connectivity index (χ1n) is 16.5. The summed E-state index contributed by atoms with van der Waals surface area (Å²) >= 11 is 1.59. The molecule has 3 amide bonds. The zero-order chi connectivity index (χ0) is 35.9. The lowest BCUT2D eigenvalue weighted by molar-refractivity contribution is -0.128. The predicted octanol–water partition coefficient (Wildman–Crippen LogP) is 4.27. The molecular formula is C35H48N6O6S2. The maximum Gasteiger partial charge on any atom is 0.321 e. The van der Waals surface area contributed by atoms with Gasteiger partial charge in [0.1, 0.15) is 6.04 Å². The van der Waals surface area contributed by atoms with Gasteiger partial charge in [0.15, 0.2) is 0 Å². The van der Waals surface area contributed by atoms with Crippen molar-refractivity contribution in [3.8, 4) is 0 Å². The zero-order valence-corrected chi connectivity index (χ0v) is 30.6. The van der Waals surface area contributed by atoms with E-state index in [2.05, 4.69) is 15.5 Å². The summed E-state index contributed by atoms with van der Waals surface area (Å²) in [5.41, 5.74) is 2.23. The minimum Gasteiger partial charge on any atom is -0.411 e. The van der Waals surface area contributed by atoms with Crippen LogP contribution in [0.25, 0.3) is 0 Å². The first-order chi connectivity index (χ1) is 23.2. The molecule has 3 atom stereocenters. The number of carbonyl (C=O) groups excluding carboxylic acids is 2. The number of hydrogen-bond donors (Lipinski definition) is 3. The van der Waals surface area contributed by atoms with Gasteiger partial charge in [0.25, 0.3) is 0 Å². The topological polar surface area (TPSA) is 156 Å². The van der Waals surface area contributed by atoms with E-state index in [1.807, 2.05) is 71.9 Å². The van der Waals surface area contributed by atoms with Crippen LogP contribution in [0.5, 0.6) is 0 Å². The van der Waals surface area contributed by atoms with Gasteiger partial charge in [-0.1, -0.05) is 75.3 Å². The molecule has 14 heteroatoms. The van der Waals surface area contributed by atoms with Crippen molar-refractivity contribution in [3.05, 3.63) is 81.3 Å². The second-order valence-corrected chi connectivity index (χ2v) is 16.6. The molecule has 0 radical (unpaired) electrons. The molecule has 49 heavy (non-hydrogen) atoms. The molecule has 0 saturated carbocycles. The molecule has 1 aromatic heterocycles. The van der Waals surface area contributed by atoms with E-state index in [0.29, 0.717) is 25.2 Å². The summed E-state index contributed by atoms with van der Waals surface area (Å²) in [6, 6.07) is 13.4. The Kier molecular flexibility index (Phi) is 12.9. The van der Waals surface area contributed by atoms with Gasteiger partial charge < -0.3 is 25.4 Å². The quantitative estimate of drug-likeness (QED) is 0.114. The van der Waals surface area contributed by atoms with E-state index in [9.17, 15) is 23.1 Å². The van der Waals surface area contributed by atoms with Crippen LogP contribution in [0.2, 0.25) is 0 Å². The smallest absolute Gasteiger partial charge is 0.321 e. The van der Waals surface area contributed by atoms with Gasteiger partial charge >= 0.3 is 6.03 Å². The van der Waals surface area contributed by atoms with Gasteiger partial charge in [0.2, 0.25) is 15.9 Å². The van der Waals surface area contributed by atoms with Crippen LogP contribution >= 0.6 is 11.3 Å². The normalized spacial score (nSPS) is 15.9. The number of carbonyl (C=O) groups is 2. The number of benzene rings is 2. The molecule has 12 nitrogen and oxygen atoms in total. The van der Waals surface area contributed by atoms with E-state index in [4.69, 9.17) is 5.21 Å². The number of amides is 3. The minimum absolute atomic E-state index is 0.0269. The molecule has 3 N–H and O–H groups in total. The molecule has 0 spiro atoms. The maximum atomic E-state index is 14.1. The van der Waals surface area contributed by atoms with Crippen LogP contribution in [0.3, 0.4) is 0 Å². The fourth-order valence-corrected chi connectivity index (χ4v) is 8.53. The number of nitrogens with zero attached hydrogens (tertiary/aromatic N) is 5. The molecule has 1 fully saturated rings. The minimum atomic E-state index is -4.05. The van der Waals surface area contributed by atoms with Crippen LogP contribution < -0.4 is 5.32 Å². The molecule has 1 aliphatic rings. The third-order valence-electron chi connectivity index (χ3n) is 8.48. The van der Waals surface area contributed by atoms with Crippen LogP contribution in [-0.2, 0) is 27.8 Å². The number of urea groups is 1. The number of rotatable bonds is 16. The van der Waals surface area contributed by atoms with Crippen LogP contribution in [-0.4, -0.2) is 100 Å². The number of aryl methyl sites for hydroxylation is 2. The highest BCUT2D eigenvalue weighted by Gasteiger charge is 2.41. The predicted molar refractivity (Wildman–Crippen MR) is 190 cm³/mol. The third kappa shape index (κ3) is 9.65. The highest BCUT2D eigenvalue weighted by molar-refractivity contribution is 7.89. The van der Waals surface area contributed by atoms with Crippen molar-refractivity contribution in [3.63, 3.8) is 0 Å². The van der Waals surface area contributed by atoms with E-state index < -0.39 is 34.1 Å². The summed E-state index contributed by atoms with van der Waals surface area (Å²) in [6.45, 7) is 12.5. The van der Waals surface area contributed by atoms with E-state index in [1.165, 1.54) is 34.8 Å². The number of oxime groups is 1. The Morgan fingerprint density at radius 1 is 1.06 bits per heavy atom. The van der Waals surface area contributed by atoms with Crippen molar-refractivity contribution in [1.29, 1.82) is 0 Å². The number of aromatic nitrogens is 1. The maximum absolute atomic E-state index is 14.1. The average molecular weight is 713 g/mol. The van der Waals surface area contributed by atoms with Gasteiger partial charge in [0.05, 0.1) is 40.5 Å². The highest BCUT2D eigenvalue weighted by atomic mass is 32.2. The fourth-order valence-electron chi connectivity index (χ4n) is 6.08. The van der Waals surface area contributed by atoms with Crippen molar-refractivity contribution < 1.29 is 28.3 Å². The monoisotopic (exact) mass is 712 g/mol. The second kappa shape index (κ2) is 16.7. The van der Waals surface area contributed by atoms with Crippen LogP contribution in [0, 0.1) is 25.7 Å². The van der Waals surface area contributed by atoms with Gasteiger partial charge in [-0.3, -0.25) is 4.79 Å². The van der Waals surface area contributed by atoms with Crippen molar-refractivity contribution in [2.45, 2.75) is 77.6 Å². The van der Waals surface area contributed by atoms with Gasteiger partial charge in [0, 0.05) is 31.1 Å². The van der Waals surface area contributed by atoms with Crippen molar-refractivity contribution in [2.75, 3.05) is 26.2 Å². The molecule has 2 aromatic carbocycles. The molecule has 4 rings (SSSR count). The fraction of sp³-hybridized carbons (Fsp3) is 0.486. The Morgan fingerprint density at radius 3 is 2.31 bits per heavy atom. The largest absolute Gasteiger partial charge is 0.411 e. The molecule has 0 bridgehead atoms. The lowest BCUT2D eigenvalue weighted by atomic mass is 9.97. The van der Waals surface area contributed by atoms with E-state index >= 15 is 0 Å². The Hall–Kier alpha value is -3.85. The van der Waals surface area contributed by atoms with Crippen LogP contribution in [0.1, 0.15) is 54.4 Å². The summed E-state index contributed by atoms with van der Waals surface area (Å²) < 4.78 is 29.0. The first-order valence-corrected chi connectivity index (χ1v) is 18.7. The highest BCUT2D eigenvalue weighted by Crippen LogP contribution is 2.24. The van der Waals surface area contributed by atoms with Crippen LogP contribution in [0.15, 0.2) is 64.6 Å². The van der Waals surface area contributed by atoms with Gasteiger partial charge in [-0.05, 0) is 55.4 Å². The first kappa shape index (κ1) is 38.0. The summed E-state index contributed by atoms with van der Waals surface area (Å²) in [4.78, 5) is 36.7. The number of hydrogen-bond acceptors (Lipinski definition) is 9. The summed E-state index contributed by atoms with van der Waals surface area (Å²) in [7, 11) is -4.05. The van der Waals surface area contributed by atoms with E-state index in [0.717, 1.165) is 21.1 Å². The van der Waals surface area contributed by atoms with E-state index in [-0.39, 0.29) is 42.3 Å². The molecular weight excluding hydrogens is 665 g/mol. The third-order valence-corrected chi connectivity index (χ3v) is 11.3. The van der Waals surface area contributed by atoms with Crippen LogP contribution in [0.4, 0.5) is 4.79 Å². The lowest BCUT2D eigenvalue weighted by Crippen LogP contribution is -2.57. The number of nitrogens with one attached hydrogen (secondary N) is 1. The number of aliphatic hydroxyl groups is 1.